The highest BCUT2D eigenvalue weighted by Gasteiger charge is 2.11. The molecule has 0 bridgehead atoms. The lowest BCUT2D eigenvalue weighted by Crippen LogP contribution is -2.25. The van der Waals surface area contributed by atoms with Gasteiger partial charge < -0.3 is 14.5 Å². The van der Waals surface area contributed by atoms with Crippen LogP contribution in [0.5, 0.6) is 5.75 Å². The minimum Gasteiger partial charge on any atom is -0.497 e. The molecular weight excluding hydrogens is 280 g/mol. The molecule has 0 aliphatic heterocycles. The Morgan fingerprint density at radius 3 is 2.82 bits per heavy atom. The monoisotopic (exact) mass is 296 g/mol. The molecule has 0 atom stereocenters. The Morgan fingerprint density at radius 2 is 2.09 bits per heavy atom. The van der Waals surface area contributed by atoms with Crippen molar-refractivity contribution in [2.24, 2.45) is 0 Å². The molecule has 0 aliphatic carbocycles. The first-order chi connectivity index (χ1) is 10.8. The average molecular weight is 296 g/mol. The number of carbonyl (C=O) groups is 1. The van der Waals surface area contributed by atoms with Crippen LogP contribution in [-0.2, 0) is 6.42 Å². The zero-order chi connectivity index (χ0) is 15.4. The zero-order valence-electron chi connectivity index (χ0n) is 12.2. The van der Waals surface area contributed by atoms with Crippen molar-refractivity contribution >= 4 is 17.0 Å². The van der Waals surface area contributed by atoms with Gasteiger partial charge in [-0.25, -0.2) is 0 Å². The van der Waals surface area contributed by atoms with E-state index in [9.17, 15) is 4.79 Å². The fraction of sp³-hybridized carbons (Fsp3) is 0.176. The van der Waals surface area contributed by atoms with Crippen LogP contribution in [0.3, 0.4) is 0 Å². The molecule has 2 aromatic heterocycles. The molecule has 3 rings (SSSR count). The summed E-state index contributed by atoms with van der Waals surface area (Å²) in [5.41, 5.74) is 2.43. The van der Waals surface area contributed by atoms with Crippen LogP contribution >= 0.6 is 0 Å². The minimum absolute atomic E-state index is 0.230. The van der Waals surface area contributed by atoms with Gasteiger partial charge in [-0.05, 0) is 36.2 Å². The smallest absolute Gasteiger partial charge is 0.287 e. The van der Waals surface area contributed by atoms with Gasteiger partial charge in [-0.2, -0.15) is 0 Å². The maximum Gasteiger partial charge on any atom is 0.287 e. The Bertz CT molecular complexity index is 745. The van der Waals surface area contributed by atoms with E-state index in [4.69, 9.17) is 9.15 Å². The van der Waals surface area contributed by atoms with Crippen molar-refractivity contribution in [3.05, 3.63) is 60.0 Å². The van der Waals surface area contributed by atoms with Crippen molar-refractivity contribution in [1.82, 2.24) is 10.3 Å². The number of nitrogens with one attached hydrogen (secondary N) is 1. The molecule has 0 radical (unpaired) electrons. The van der Waals surface area contributed by atoms with E-state index in [1.807, 2.05) is 24.3 Å². The van der Waals surface area contributed by atoms with Crippen LogP contribution in [0, 0.1) is 0 Å². The first-order valence-electron chi connectivity index (χ1n) is 7.02. The number of hydrogen-bond donors (Lipinski definition) is 1. The number of aromatic nitrogens is 1. The molecule has 2 heterocycles. The predicted octanol–water partition coefficient (Wildman–Crippen LogP) is 2.81. The van der Waals surface area contributed by atoms with E-state index in [2.05, 4.69) is 10.3 Å². The quantitative estimate of drug-likeness (QED) is 0.786. The second-order valence-electron chi connectivity index (χ2n) is 4.85. The number of hydrogen-bond acceptors (Lipinski definition) is 4. The summed E-state index contributed by atoms with van der Waals surface area (Å²) in [6.45, 7) is 0.537. The van der Waals surface area contributed by atoms with Gasteiger partial charge in [0.25, 0.3) is 5.91 Å². The highest BCUT2D eigenvalue weighted by Crippen LogP contribution is 2.16. The van der Waals surface area contributed by atoms with Gasteiger partial charge >= 0.3 is 0 Å². The number of carbonyl (C=O) groups excluding carboxylic acids is 1. The van der Waals surface area contributed by atoms with Crippen LogP contribution in [0.2, 0.25) is 0 Å². The van der Waals surface area contributed by atoms with E-state index in [1.54, 1.807) is 31.5 Å². The first kappa shape index (κ1) is 14.1. The van der Waals surface area contributed by atoms with Crippen LogP contribution < -0.4 is 10.1 Å². The van der Waals surface area contributed by atoms with Gasteiger partial charge in [-0.15, -0.1) is 0 Å². The molecule has 0 aliphatic rings. The molecular formula is C17H16N2O3. The molecule has 5 nitrogen and oxygen atoms in total. The number of rotatable bonds is 5. The van der Waals surface area contributed by atoms with Gasteiger partial charge in [0, 0.05) is 18.8 Å². The lowest BCUT2D eigenvalue weighted by molar-refractivity contribution is 0.0928. The van der Waals surface area contributed by atoms with Crippen molar-refractivity contribution in [2.75, 3.05) is 13.7 Å². The molecule has 0 fully saturated rings. The van der Waals surface area contributed by atoms with Crippen LogP contribution in [0.4, 0.5) is 0 Å². The third kappa shape index (κ3) is 3.09. The molecule has 0 saturated carbocycles. The van der Waals surface area contributed by atoms with Gasteiger partial charge in [0.05, 0.1) is 7.11 Å². The molecule has 112 valence electrons. The highest BCUT2D eigenvalue weighted by molar-refractivity contribution is 5.95. The summed E-state index contributed by atoms with van der Waals surface area (Å²) in [4.78, 5) is 16.2. The molecule has 0 unspecified atom stereocenters. The summed E-state index contributed by atoms with van der Waals surface area (Å²) < 4.78 is 10.6. The number of amides is 1. The van der Waals surface area contributed by atoms with E-state index in [0.717, 1.165) is 17.7 Å². The third-order valence-electron chi connectivity index (χ3n) is 3.37. The maximum absolute atomic E-state index is 12.1. The standard InChI is InChI=1S/C17H16N2O3/c1-21-13-6-4-12(5-7-13)8-10-19-17(20)16-11-14-15(22-16)3-2-9-18-14/h2-7,9,11H,8,10H2,1H3,(H,19,20). The molecule has 0 saturated heterocycles. The third-order valence-corrected chi connectivity index (χ3v) is 3.37. The van der Waals surface area contributed by atoms with Crippen molar-refractivity contribution in [2.45, 2.75) is 6.42 Å². The number of methoxy groups -OCH3 is 1. The van der Waals surface area contributed by atoms with Gasteiger partial charge in [-0.1, -0.05) is 12.1 Å². The molecule has 3 aromatic rings. The summed E-state index contributed by atoms with van der Waals surface area (Å²) >= 11 is 0. The second kappa shape index (κ2) is 6.30. The maximum atomic E-state index is 12.1. The molecule has 22 heavy (non-hydrogen) atoms. The first-order valence-corrected chi connectivity index (χ1v) is 7.02. The number of fused-ring (bicyclic) bond motifs is 1. The lowest BCUT2D eigenvalue weighted by atomic mass is 10.1. The topological polar surface area (TPSA) is 64.4 Å². The molecule has 1 amide bonds. The fourth-order valence-corrected chi connectivity index (χ4v) is 2.18. The van der Waals surface area contributed by atoms with E-state index >= 15 is 0 Å². The minimum atomic E-state index is -0.230. The van der Waals surface area contributed by atoms with Crippen LogP contribution in [0.1, 0.15) is 16.1 Å². The van der Waals surface area contributed by atoms with Crippen LogP contribution in [0.15, 0.2) is 53.1 Å². The Labute approximate surface area is 127 Å². The van der Waals surface area contributed by atoms with Crippen molar-refractivity contribution in [1.29, 1.82) is 0 Å². The largest absolute Gasteiger partial charge is 0.497 e. The van der Waals surface area contributed by atoms with E-state index in [-0.39, 0.29) is 11.7 Å². The number of pyridine rings is 1. The van der Waals surface area contributed by atoms with Crippen LogP contribution in [-0.4, -0.2) is 24.5 Å². The zero-order valence-corrected chi connectivity index (χ0v) is 12.2. The van der Waals surface area contributed by atoms with Crippen molar-refractivity contribution < 1.29 is 13.9 Å². The van der Waals surface area contributed by atoms with Gasteiger partial charge in [-0.3, -0.25) is 9.78 Å². The summed E-state index contributed by atoms with van der Waals surface area (Å²) in [7, 11) is 1.64. The Kier molecular flexibility index (Phi) is 4.05. The van der Waals surface area contributed by atoms with Gasteiger partial charge in [0.1, 0.15) is 11.3 Å². The fourth-order valence-electron chi connectivity index (χ4n) is 2.18. The van der Waals surface area contributed by atoms with Crippen molar-refractivity contribution in [3.63, 3.8) is 0 Å². The lowest BCUT2D eigenvalue weighted by Gasteiger charge is -2.04. The second-order valence-corrected chi connectivity index (χ2v) is 4.85. The van der Waals surface area contributed by atoms with Crippen molar-refractivity contribution in [3.8, 4) is 5.75 Å². The van der Waals surface area contributed by atoms with Crippen LogP contribution in [0.25, 0.3) is 11.1 Å². The Morgan fingerprint density at radius 1 is 1.27 bits per heavy atom. The normalized spacial score (nSPS) is 10.6. The highest BCUT2D eigenvalue weighted by atomic mass is 16.5. The molecule has 1 aromatic carbocycles. The SMILES string of the molecule is COc1ccc(CCNC(=O)c2cc3ncccc3o2)cc1. The van der Waals surface area contributed by atoms with E-state index in [0.29, 0.717) is 17.6 Å². The van der Waals surface area contributed by atoms with E-state index in [1.165, 1.54) is 0 Å². The predicted molar refractivity (Wildman–Crippen MR) is 83.0 cm³/mol. The summed E-state index contributed by atoms with van der Waals surface area (Å²) in [5, 5.41) is 2.85. The van der Waals surface area contributed by atoms with Gasteiger partial charge in [0.2, 0.25) is 0 Å². The number of furan rings is 1. The summed E-state index contributed by atoms with van der Waals surface area (Å²) in [6, 6.07) is 13.0. The van der Waals surface area contributed by atoms with Gasteiger partial charge in [0.15, 0.2) is 11.3 Å². The number of benzene rings is 1. The molecule has 1 N–H and O–H groups in total. The summed E-state index contributed by atoms with van der Waals surface area (Å²) in [5.74, 6) is 0.873. The Balaban J connectivity index is 1.57. The molecule has 5 heteroatoms. The average Bonchev–Trinajstić information content (AvgIpc) is 2.99. The number of ether oxygens (including phenoxy) is 1. The molecule has 0 spiro atoms. The van der Waals surface area contributed by atoms with E-state index < -0.39 is 0 Å². The summed E-state index contributed by atoms with van der Waals surface area (Å²) in [6.07, 6.45) is 2.41. The Hall–Kier alpha value is -2.82. The number of nitrogens with zero attached hydrogens (tertiary/aromatic N) is 1.